The summed E-state index contributed by atoms with van der Waals surface area (Å²) >= 11 is 2.01. The Morgan fingerprint density at radius 2 is 2.21 bits per heavy atom. The van der Waals surface area contributed by atoms with Crippen molar-refractivity contribution in [2.24, 2.45) is 0 Å². The number of aryl methyl sites for hydroxylation is 1. The molecule has 19 heavy (non-hydrogen) atoms. The number of anilines is 1. The number of hydrogen-bond acceptors (Lipinski definition) is 4. The molecule has 6 heteroatoms. The third-order valence-electron chi connectivity index (χ3n) is 2.73. The van der Waals surface area contributed by atoms with Crippen LogP contribution < -0.4 is 10.9 Å². The van der Waals surface area contributed by atoms with Gasteiger partial charge in [0.1, 0.15) is 11.6 Å². The van der Waals surface area contributed by atoms with Gasteiger partial charge in [0.25, 0.3) is 5.56 Å². The summed E-state index contributed by atoms with van der Waals surface area (Å²) < 4.78 is 2.30. The average Bonchev–Trinajstić information content (AvgIpc) is 2.40. The first-order valence-corrected chi connectivity index (χ1v) is 7.10. The predicted octanol–water partition coefficient (Wildman–Crippen LogP) is 2.03. The lowest BCUT2D eigenvalue weighted by Crippen LogP contribution is -2.26. The van der Waals surface area contributed by atoms with Crippen molar-refractivity contribution in [3.05, 3.63) is 49.8 Å². The van der Waals surface area contributed by atoms with Crippen LogP contribution in [0.1, 0.15) is 18.3 Å². The van der Waals surface area contributed by atoms with Crippen LogP contribution in [-0.2, 0) is 6.54 Å². The Labute approximate surface area is 125 Å². The molecule has 0 spiro atoms. The molecule has 0 aromatic carbocycles. The van der Waals surface area contributed by atoms with Crippen LogP contribution in [-0.4, -0.2) is 21.1 Å². The molecule has 0 aliphatic carbocycles. The van der Waals surface area contributed by atoms with Crippen molar-refractivity contribution in [2.75, 3.05) is 11.9 Å². The minimum Gasteiger partial charge on any atom is -0.370 e. The number of aromatic nitrogens is 3. The first-order valence-electron chi connectivity index (χ1n) is 6.02. The number of hydrogen-bond donors (Lipinski definition) is 1. The minimum absolute atomic E-state index is 0.00471. The molecule has 0 unspecified atom stereocenters. The van der Waals surface area contributed by atoms with Gasteiger partial charge in [0, 0.05) is 18.9 Å². The maximum atomic E-state index is 12.1. The van der Waals surface area contributed by atoms with Crippen LogP contribution in [0.5, 0.6) is 0 Å². The zero-order chi connectivity index (χ0) is 13.8. The zero-order valence-corrected chi connectivity index (χ0v) is 13.0. The van der Waals surface area contributed by atoms with E-state index in [1.54, 1.807) is 17.0 Å². The van der Waals surface area contributed by atoms with Gasteiger partial charge in [-0.15, -0.1) is 0 Å². The molecule has 0 radical (unpaired) electrons. The van der Waals surface area contributed by atoms with Gasteiger partial charge in [-0.05, 0) is 54.1 Å². The summed E-state index contributed by atoms with van der Waals surface area (Å²) in [4.78, 5) is 20.5. The number of nitrogens with zero attached hydrogens (tertiary/aromatic N) is 3. The van der Waals surface area contributed by atoms with Crippen molar-refractivity contribution >= 4 is 28.4 Å². The van der Waals surface area contributed by atoms with Gasteiger partial charge in [-0.1, -0.05) is 0 Å². The van der Waals surface area contributed by atoms with Crippen LogP contribution in [0.15, 0.2) is 29.3 Å². The van der Waals surface area contributed by atoms with Crippen LogP contribution in [0, 0.1) is 10.5 Å². The van der Waals surface area contributed by atoms with E-state index in [9.17, 15) is 4.79 Å². The van der Waals surface area contributed by atoms with E-state index in [1.807, 2.05) is 48.6 Å². The van der Waals surface area contributed by atoms with E-state index in [2.05, 4.69) is 15.3 Å². The monoisotopic (exact) mass is 370 g/mol. The van der Waals surface area contributed by atoms with Crippen LogP contribution >= 0.6 is 22.6 Å². The maximum absolute atomic E-state index is 12.1. The van der Waals surface area contributed by atoms with Crippen molar-refractivity contribution in [1.82, 2.24) is 14.5 Å². The standard InChI is InChI=1S/C13H15IN4O/c1-3-15-12-6-10(4-5-16-12)8-18-9(2)17-7-11(14)13(18)19/h4-7H,3,8H2,1-2H3,(H,15,16). The molecule has 2 rings (SSSR count). The molecule has 0 amide bonds. The predicted molar refractivity (Wildman–Crippen MR) is 83.5 cm³/mol. The number of pyridine rings is 1. The molecule has 2 aromatic rings. The molecule has 100 valence electrons. The summed E-state index contributed by atoms with van der Waals surface area (Å²) in [6.45, 7) is 5.19. The third-order valence-corrected chi connectivity index (χ3v) is 3.47. The summed E-state index contributed by atoms with van der Waals surface area (Å²) in [7, 11) is 0. The Morgan fingerprint density at radius 1 is 1.42 bits per heavy atom. The fraction of sp³-hybridized carbons (Fsp3) is 0.308. The quantitative estimate of drug-likeness (QED) is 0.837. The Kier molecular flexibility index (Phi) is 4.52. The number of halogens is 1. The van der Waals surface area contributed by atoms with Gasteiger partial charge >= 0.3 is 0 Å². The van der Waals surface area contributed by atoms with Crippen molar-refractivity contribution in [2.45, 2.75) is 20.4 Å². The highest BCUT2D eigenvalue weighted by Gasteiger charge is 2.06. The first-order chi connectivity index (χ1) is 9.11. The summed E-state index contributed by atoms with van der Waals surface area (Å²) in [5, 5.41) is 3.16. The molecule has 1 N–H and O–H groups in total. The number of nitrogens with one attached hydrogen (secondary N) is 1. The highest BCUT2D eigenvalue weighted by Crippen LogP contribution is 2.09. The van der Waals surface area contributed by atoms with Crippen LogP contribution in [0.25, 0.3) is 0 Å². The second kappa shape index (κ2) is 6.14. The van der Waals surface area contributed by atoms with E-state index in [1.165, 1.54) is 0 Å². The molecule has 2 aromatic heterocycles. The van der Waals surface area contributed by atoms with Gasteiger partial charge in [-0.25, -0.2) is 9.97 Å². The molecule has 0 saturated heterocycles. The van der Waals surface area contributed by atoms with Crippen LogP contribution in [0.4, 0.5) is 5.82 Å². The van der Waals surface area contributed by atoms with Crippen molar-refractivity contribution in [3.63, 3.8) is 0 Å². The van der Waals surface area contributed by atoms with E-state index in [-0.39, 0.29) is 5.56 Å². The lowest BCUT2D eigenvalue weighted by Gasteiger charge is -2.10. The largest absolute Gasteiger partial charge is 0.370 e. The summed E-state index contributed by atoms with van der Waals surface area (Å²) in [5.74, 6) is 1.54. The van der Waals surface area contributed by atoms with E-state index < -0.39 is 0 Å². The second-order valence-electron chi connectivity index (χ2n) is 4.12. The smallest absolute Gasteiger partial charge is 0.267 e. The highest BCUT2D eigenvalue weighted by molar-refractivity contribution is 14.1. The van der Waals surface area contributed by atoms with Crippen molar-refractivity contribution in [1.29, 1.82) is 0 Å². The molecule has 0 saturated carbocycles. The Bertz CT molecular complexity index is 639. The number of rotatable bonds is 4. The average molecular weight is 370 g/mol. The second-order valence-corrected chi connectivity index (χ2v) is 5.29. The van der Waals surface area contributed by atoms with Crippen molar-refractivity contribution < 1.29 is 0 Å². The van der Waals surface area contributed by atoms with E-state index in [4.69, 9.17) is 0 Å². The Morgan fingerprint density at radius 3 is 2.95 bits per heavy atom. The molecule has 0 atom stereocenters. The minimum atomic E-state index is -0.00471. The van der Waals surface area contributed by atoms with Crippen molar-refractivity contribution in [3.8, 4) is 0 Å². The zero-order valence-electron chi connectivity index (χ0n) is 10.9. The van der Waals surface area contributed by atoms with Gasteiger partial charge in [0.15, 0.2) is 0 Å². The van der Waals surface area contributed by atoms with Gasteiger partial charge in [0.2, 0.25) is 0 Å². The van der Waals surface area contributed by atoms with Gasteiger partial charge in [-0.2, -0.15) is 0 Å². The molecule has 0 bridgehead atoms. The fourth-order valence-electron chi connectivity index (χ4n) is 1.77. The lowest BCUT2D eigenvalue weighted by molar-refractivity contribution is 0.694. The van der Waals surface area contributed by atoms with Gasteiger partial charge in [0.05, 0.1) is 10.1 Å². The summed E-state index contributed by atoms with van der Waals surface area (Å²) in [6.07, 6.45) is 3.35. The molecule has 2 heterocycles. The van der Waals surface area contributed by atoms with E-state index >= 15 is 0 Å². The summed E-state index contributed by atoms with van der Waals surface area (Å²) in [6, 6.07) is 3.86. The molecule has 0 fully saturated rings. The molecular formula is C13H15IN4O. The highest BCUT2D eigenvalue weighted by atomic mass is 127. The lowest BCUT2D eigenvalue weighted by atomic mass is 10.2. The van der Waals surface area contributed by atoms with E-state index in [0.717, 1.165) is 17.9 Å². The van der Waals surface area contributed by atoms with E-state index in [0.29, 0.717) is 15.9 Å². The van der Waals surface area contributed by atoms with Gasteiger partial charge < -0.3 is 5.32 Å². The third kappa shape index (κ3) is 3.31. The fourth-order valence-corrected chi connectivity index (χ4v) is 2.20. The maximum Gasteiger partial charge on any atom is 0.267 e. The SMILES string of the molecule is CCNc1cc(Cn2c(C)ncc(I)c2=O)ccn1. The molecule has 0 aliphatic heterocycles. The molecular weight excluding hydrogens is 355 g/mol. The van der Waals surface area contributed by atoms with Gasteiger partial charge in [-0.3, -0.25) is 9.36 Å². The van der Waals surface area contributed by atoms with Crippen LogP contribution in [0.2, 0.25) is 0 Å². The first kappa shape index (κ1) is 14.0. The topological polar surface area (TPSA) is 59.8 Å². The Hall–Kier alpha value is -1.44. The van der Waals surface area contributed by atoms with Crippen LogP contribution in [0.3, 0.4) is 0 Å². The molecule has 5 nitrogen and oxygen atoms in total. The normalized spacial score (nSPS) is 10.5. The Balaban J connectivity index is 2.34. The summed E-state index contributed by atoms with van der Waals surface area (Å²) in [5.41, 5.74) is 1.02. The molecule has 0 aliphatic rings.